The lowest BCUT2D eigenvalue weighted by atomic mass is 9.98. The summed E-state index contributed by atoms with van der Waals surface area (Å²) >= 11 is 3.98. The first-order valence-corrected chi connectivity index (χ1v) is 9.90. The number of thiol groups is 1. The highest BCUT2D eigenvalue weighted by Crippen LogP contribution is 2.27. The molecule has 4 nitrogen and oxygen atoms in total. The van der Waals surface area contributed by atoms with E-state index in [4.69, 9.17) is 0 Å². The van der Waals surface area contributed by atoms with E-state index in [0.717, 1.165) is 12.3 Å². The Morgan fingerprint density at radius 1 is 1.20 bits per heavy atom. The monoisotopic (exact) mass is 385 g/mol. The summed E-state index contributed by atoms with van der Waals surface area (Å²) in [4.78, 5) is 12.0. The molecule has 2 aromatic rings. The van der Waals surface area contributed by atoms with Gasteiger partial charge in [0.05, 0.1) is 10.9 Å². The molecule has 8 heteroatoms. The van der Waals surface area contributed by atoms with E-state index in [-0.39, 0.29) is 22.8 Å². The minimum Gasteiger partial charge on any atom is -0.345 e. The molecular formula is C17H17F2NO3S2. The average molecular weight is 385 g/mol. The molecule has 1 unspecified atom stereocenters. The van der Waals surface area contributed by atoms with Crippen molar-refractivity contribution in [2.45, 2.75) is 17.4 Å². The van der Waals surface area contributed by atoms with Gasteiger partial charge in [-0.3, -0.25) is 4.79 Å². The van der Waals surface area contributed by atoms with Gasteiger partial charge in [0, 0.05) is 24.3 Å². The van der Waals surface area contributed by atoms with Gasteiger partial charge in [-0.05, 0) is 29.5 Å². The van der Waals surface area contributed by atoms with E-state index >= 15 is 0 Å². The second-order valence-corrected chi connectivity index (χ2v) is 7.95. The minimum absolute atomic E-state index is 0.0413. The van der Waals surface area contributed by atoms with E-state index in [2.05, 4.69) is 17.9 Å². The van der Waals surface area contributed by atoms with Gasteiger partial charge in [0.15, 0.2) is 9.84 Å². The van der Waals surface area contributed by atoms with Crippen molar-refractivity contribution in [3.63, 3.8) is 0 Å². The van der Waals surface area contributed by atoms with Gasteiger partial charge in [0.2, 0.25) is 5.91 Å². The van der Waals surface area contributed by atoms with Crippen LogP contribution in [0.5, 0.6) is 0 Å². The second kappa shape index (κ2) is 7.97. The summed E-state index contributed by atoms with van der Waals surface area (Å²) in [6.07, 6.45) is 1.16. The Kier molecular flexibility index (Phi) is 6.18. The van der Waals surface area contributed by atoms with Crippen LogP contribution in [-0.2, 0) is 14.6 Å². The Morgan fingerprint density at radius 2 is 1.92 bits per heavy atom. The van der Waals surface area contributed by atoms with Crippen LogP contribution < -0.4 is 5.32 Å². The number of hydrogen-bond acceptors (Lipinski definition) is 4. The van der Waals surface area contributed by atoms with Crippen molar-refractivity contribution in [3.8, 4) is 0 Å². The number of carbonyl (C=O) groups is 1. The lowest BCUT2D eigenvalue weighted by Crippen LogP contribution is -2.30. The molecule has 1 N–H and O–H groups in total. The van der Waals surface area contributed by atoms with Gasteiger partial charge >= 0.3 is 0 Å². The fourth-order valence-corrected chi connectivity index (χ4v) is 3.21. The van der Waals surface area contributed by atoms with Gasteiger partial charge in [-0.25, -0.2) is 17.2 Å². The highest BCUT2D eigenvalue weighted by Gasteiger charge is 2.22. The van der Waals surface area contributed by atoms with Gasteiger partial charge in [-0.2, -0.15) is 12.6 Å². The van der Waals surface area contributed by atoms with Crippen LogP contribution in [0.2, 0.25) is 0 Å². The molecule has 0 aliphatic heterocycles. The Hall–Kier alpha value is -1.93. The van der Waals surface area contributed by atoms with Crippen molar-refractivity contribution in [3.05, 3.63) is 65.2 Å². The van der Waals surface area contributed by atoms with Crippen LogP contribution in [0.15, 0.2) is 47.4 Å². The molecule has 134 valence electrons. The number of carbonyl (C=O) groups excluding carboxylic acids is 1. The van der Waals surface area contributed by atoms with Crippen molar-refractivity contribution in [1.82, 2.24) is 5.32 Å². The molecule has 2 aromatic carbocycles. The van der Waals surface area contributed by atoms with Gasteiger partial charge in [-0.1, -0.05) is 18.2 Å². The number of hydrogen-bond donors (Lipinski definition) is 2. The van der Waals surface area contributed by atoms with E-state index in [0.29, 0.717) is 17.4 Å². The fourth-order valence-electron chi connectivity index (χ4n) is 2.34. The summed E-state index contributed by atoms with van der Waals surface area (Å²) in [6, 6.07) is 7.92. The highest BCUT2D eigenvalue weighted by atomic mass is 32.2. The minimum atomic E-state index is -3.48. The molecule has 2 rings (SSSR count). The molecule has 0 aromatic heterocycles. The van der Waals surface area contributed by atoms with E-state index in [1.807, 2.05) is 0 Å². The normalized spacial score (nSPS) is 12.6. The molecule has 1 amide bonds. The molecular weight excluding hydrogens is 368 g/mol. The van der Waals surface area contributed by atoms with Crippen LogP contribution >= 0.6 is 12.6 Å². The maximum atomic E-state index is 14.2. The molecule has 0 heterocycles. The number of benzene rings is 2. The zero-order chi connectivity index (χ0) is 18.6. The quantitative estimate of drug-likeness (QED) is 0.752. The van der Waals surface area contributed by atoms with Crippen molar-refractivity contribution < 1.29 is 22.0 Å². The van der Waals surface area contributed by atoms with Crippen LogP contribution in [0.4, 0.5) is 8.78 Å². The van der Waals surface area contributed by atoms with Crippen LogP contribution in [0.1, 0.15) is 23.6 Å². The largest absolute Gasteiger partial charge is 0.345 e. The number of sulfone groups is 1. The molecule has 0 saturated carbocycles. The van der Waals surface area contributed by atoms with Crippen LogP contribution in [0.25, 0.3) is 0 Å². The Labute approximate surface area is 150 Å². The zero-order valence-corrected chi connectivity index (χ0v) is 15.1. The van der Waals surface area contributed by atoms with Crippen LogP contribution in [-0.4, -0.2) is 26.3 Å². The summed E-state index contributed by atoms with van der Waals surface area (Å²) in [7, 11) is -3.48. The number of halogens is 2. The van der Waals surface area contributed by atoms with Crippen molar-refractivity contribution >= 4 is 28.4 Å². The zero-order valence-electron chi connectivity index (χ0n) is 13.4. The Morgan fingerprint density at radius 3 is 2.52 bits per heavy atom. The average Bonchev–Trinajstić information content (AvgIpc) is 2.53. The van der Waals surface area contributed by atoms with Crippen LogP contribution in [0.3, 0.4) is 0 Å². The van der Waals surface area contributed by atoms with Crippen LogP contribution in [0, 0.1) is 11.6 Å². The highest BCUT2D eigenvalue weighted by molar-refractivity contribution is 7.90. The summed E-state index contributed by atoms with van der Waals surface area (Å²) < 4.78 is 51.0. The molecule has 0 spiro atoms. The van der Waals surface area contributed by atoms with Gasteiger partial charge in [-0.15, -0.1) is 0 Å². The smallest absolute Gasteiger partial charge is 0.221 e. The predicted molar refractivity (Wildman–Crippen MR) is 94.4 cm³/mol. The van der Waals surface area contributed by atoms with Gasteiger partial charge in [0.1, 0.15) is 11.6 Å². The Balaban J connectivity index is 2.53. The SMILES string of the molecule is CS(=O)(=O)c1cccc(C(NC(=O)CCS)c2ccc(F)cc2F)c1. The summed E-state index contributed by atoms with van der Waals surface area (Å²) in [6.45, 7) is 0. The second-order valence-electron chi connectivity index (χ2n) is 5.48. The molecule has 0 fully saturated rings. The number of amides is 1. The standard InChI is InChI=1S/C17H17F2NO3S2/c1-25(22,23)13-4-2-3-11(9-13)17(20-16(21)7-8-24)14-6-5-12(18)10-15(14)19/h2-6,9-10,17,24H,7-8H2,1H3,(H,20,21). The third-order valence-electron chi connectivity index (χ3n) is 3.54. The molecule has 0 aliphatic carbocycles. The van der Waals surface area contributed by atoms with Crippen molar-refractivity contribution in [1.29, 1.82) is 0 Å². The van der Waals surface area contributed by atoms with Crippen molar-refractivity contribution in [2.75, 3.05) is 12.0 Å². The summed E-state index contributed by atoms with van der Waals surface area (Å²) in [5.74, 6) is -1.66. The predicted octanol–water partition coefficient (Wildman–Crippen LogP) is 2.89. The molecule has 0 bridgehead atoms. The number of nitrogens with one attached hydrogen (secondary N) is 1. The van der Waals surface area contributed by atoms with Gasteiger partial charge < -0.3 is 5.32 Å². The third-order valence-corrected chi connectivity index (χ3v) is 4.87. The molecule has 0 aliphatic rings. The van der Waals surface area contributed by atoms with E-state index < -0.39 is 27.5 Å². The Bertz CT molecular complexity index is 885. The molecule has 0 saturated heterocycles. The van der Waals surface area contributed by atoms with E-state index in [9.17, 15) is 22.0 Å². The topological polar surface area (TPSA) is 63.2 Å². The maximum Gasteiger partial charge on any atom is 0.221 e. The maximum absolute atomic E-state index is 14.2. The third kappa shape index (κ3) is 5.02. The first-order valence-electron chi connectivity index (χ1n) is 7.37. The van der Waals surface area contributed by atoms with Gasteiger partial charge in [0.25, 0.3) is 0 Å². The summed E-state index contributed by atoms with van der Waals surface area (Å²) in [5.41, 5.74) is 0.417. The molecule has 1 atom stereocenters. The first-order chi connectivity index (χ1) is 11.7. The molecule has 25 heavy (non-hydrogen) atoms. The lowest BCUT2D eigenvalue weighted by molar-refractivity contribution is -0.121. The van der Waals surface area contributed by atoms with E-state index in [1.165, 1.54) is 24.3 Å². The summed E-state index contributed by atoms with van der Waals surface area (Å²) in [5, 5.41) is 2.64. The molecule has 0 radical (unpaired) electrons. The fraction of sp³-hybridized carbons (Fsp3) is 0.235. The first kappa shape index (κ1) is 19.4. The lowest BCUT2D eigenvalue weighted by Gasteiger charge is -2.21. The van der Waals surface area contributed by atoms with Crippen molar-refractivity contribution in [2.24, 2.45) is 0 Å². The number of rotatable bonds is 6. The van der Waals surface area contributed by atoms with E-state index in [1.54, 1.807) is 6.07 Å².